The number of aliphatic hydroxyl groups is 2. The monoisotopic (exact) mass is 210 g/mol. The first-order chi connectivity index (χ1) is 6.08. The predicted molar refractivity (Wildman–Crippen MR) is 48.6 cm³/mol. The van der Waals surface area contributed by atoms with Crippen LogP contribution in [0.1, 0.15) is 13.3 Å². The zero-order valence-electron chi connectivity index (χ0n) is 7.62. The Labute approximate surface area is 82.5 Å². The molecule has 0 saturated heterocycles. The summed E-state index contributed by atoms with van der Waals surface area (Å²) in [5.74, 6) is -0.198. The fraction of sp³-hybridized carbons (Fsp3) is 0.875. The number of carbonyl (C=O) groups is 1. The number of ether oxygens (including phenoxy) is 1. The maximum Gasteiger partial charge on any atom is 0.307 e. The summed E-state index contributed by atoms with van der Waals surface area (Å²) in [4.78, 5) is 10.9. The van der Waals surface area contributed by atoms with Crippen molar-refractivity contribution < 1.29 is 19.7 Å². The van der Waals surface area contributed by atoms with E-state index in [0.29, 0.717) is 0 Å². The van der Waals surface area contributed by atoms with Crippen LogP contribution in [-0.2, 0) is 9.53 Å². The molecule has 0 atom stereocenters. The van der Waals surface area contributed by atoms with Crippen molar-refractivity contribution in [2.24, 2.45) is 5.41 Å². The van der Waals surface area contributed by atoms with Gasteiger partial charge in [-0.25, -0.2) is 0 Å². The van der Waals surface area contributed by atoms with Crippen LogP contribution in [0.2, 0.25) is 0 Å². The number of alkyl halides is 1. The first-order valence-electron chi connectivity index (χ1n) is 4.01. The molecule has 0 aliphatic rings. The molecular weight excluding hydrogens is 196 g/mol. The molecule has 0 rings (SSSR count). The van der Waals surface area contributed by atoms with E-state index in [1.54, 1.807) is 6.92 Å². The lowest BCUT2D eigenvalue weighted by Crippen LogP contribution is -2.32. The first-order valence-corrected chi connectivity index (χ1v) is 4.55. The second-order valence-electron chi connectivity index (χ2n) is 3.23. The van der Waals surface area contributed by atoms with Crippen LogP contribution in [0.5, 0.6) is 0 Å². The minimum absolute atomic E-state index is 0.00965. The van der Waals surface area contributed by atoms with E-state index in [9.17, 15) is 4.79 Å². The molecule has 0 aromatic heterocycles. The van der Waals surface area contributed by atoms with Gasteiger partial charge in [0.25, 0.3) is 0 Å². The molecule has 0 heterocycles. The molecule has 0 saturated carbocycles. The van der Waals surface area contributed by atoms with Crippen molar-refractivity contribution in [2.45, 2.75) is 13.3 Å². The van der Waals surface area contributed by atoms with Gasteiger partial charge in [0.15, 0.2) is 0 Å². The Kier molecular flexibility index (Phi) is 6.03. The maximum atomic E-state index is 10.9. The molecule has 0 fully saturated rings. The van der Waals surface area contributed by atoms with Crippen LogP contribution in [0.15, 0.2) is 0 Å². The van der Waals surface area contributed by atoms with Crippen LogP contribution in [0.3, 0.4) is 0 Å². The van der Waals surface area contributed by atoms with Gasteiger partial charge in [-0.15, -0.1) is 11.6 Å². The van der Waals surface area contributed by atoms with E-state index in [1.807, 2.05) is 0 Å². The molecule has 0 aromatic rings. The molecule has 0 bridgehead atoms. The van der Waals surface area contributed by atoms with Crippen LogP contribution in [0.25, 0.3) is 0 Å². The topological polar surface area (TPSA) is 66.8 Å². The Hall–Kier alpha value is -0.320. The van der Waals surface area contributed by atoms with Crippen LogP contribution >= 0.6 is 11.6 Å². The fourth-order valence-electron chi connectivity index (χ4n) is 0.545. The Morgan fingerprint density at radius 1 is 1.46 bits per heavy atom. The van der Waals surface area contributed by atoms with Crippen molar-refractivity contribution >= 4 is 17.6 Å². The molecule has 0 radical (unpaired) electrons. The Balaban J connectivity index is 3.78. The molecular formula is C8H15ClO4. The van der Waals surface area contributed by atoms with Crippen LogP contribution in [0.4, 0.5) is 0 Å². The summed E-state index contributed by atoms with van der Waals surface area (Å²) in [6.07, 6.45) is 0.147. The SMILES string of the molecule is CC(CO)(CO)COC(=O)CCCl. The van der Waals surface area contributed by atoms with Gasteiger partial charge in [0.05, 0.1) is 19.6 Å². The standard InChI is InChI=1S/C8H15ClO4/c1-8(4-10,5-11)6-13-7(12)2-3-9/h10-11H,2-6H2,1H3. The number of carbonyl (C=O) groups excluding carboxylic acids is 1. The summed E-state index contributed by atoms with van der Waals surface area (Å²) < 4.78 is 4.79. The second kappa shape index (κ2) is 6.18. The molecule has 0 amide bonds. The average Bonchev–Trinajstić information content (AvgIpc) is 2.15. The quantitative estimate of drug-likeness (QED) is 0.484. The van der Waals surface area contributed by atoms with Gasteiger partial charge in [0, 0.05) is 11.3 Å². The summed E-state index contributed by atoms with van der Waals surface area (Å²) in [7, 11) is 0. The molecule has 13 heavy (non-hydrogen) atoms. The molecule has 0 aliphatic heterocycles. The molecule has 0 aromatic carbocycles. The van der Waals surface area contributed by atoms with E-state index in [-0.39, 0.29) is 32.1 Å². The van der Waals surface area contributed by atoms with Crippen LogP contribution < -0.4 is 0 Å². The highest BCUT2D eigenvalue weighted by Crippen LogP contribution is 2.14. The number of esters is 1. The highest BCUT2D eigenvalue weighted by molar-refractivity contribution is 6.18. The zero-order chi connectivity index (χ0) is 10.3. The van der Waals surface area contributed by atoms with E-state index in [0.717, 1.165) is 0 Å². The molecule has 0 unspecified atom stereocenters. The zero-order valence-corrected chi connectivity index (χ0v) is 8.38. The van der Waals surface area contributed by atoms with E-state index >= 15 is 0 Å². The largest absolute Gasteiger partial charge is 0.465 e. The number of hydrogen-bond acceptors (Lipinski definition) is 4. The lowest BCUT2D eigenvalue weighted by Gasteiger charge is -2.23. The van der Waals surface area contributed by atoms with Gasteiger partial charge in [-0.3, -0.25) is 4.79 Å². The molecule has 0 spiro atoms. The van der Waals surface area contributed by atoms with Crippen molar-refractivity contribution in [1.82, 2.24) is 0 Å². The van der Waals surface area contributed by atoms with Crippen LogP contribution in [0, 0.1) is 5.41 Å². The van der Waals surface area contributed by atoms with E-state index in [2.05, 4.69) is 0 Å². The number of halogens is 1. The van der Waals surface area contributed by atoms with Gasteiger partial charge in [-0.2, -0.15) is 0 Å². The maximum absolute atomic E-state index is 10.9. The Bertz CT molecular complexity index is 156. The third-order valence-electron chi connectivity index (χ3n) is 1.64. The first kappa shape index (κ1) is 12.7. The van der Waals surface area contributed by atoms with Gasteiger partial charge < -0.3 is 14.9 Å². The van der Waals surface area contributed by atoms with Gasteiger partial charge in [-0.05, 0) is 0 Å². The number of hydrogen-bond donors (Lipinski definition) is 2. The summed E-state index contributed by atoms with van der Waals surface area (Å²) in [5, 5.41) is 17.7. The minimum atomic E-state index is -0.762. The van der Waals surface area contributed by atoms with Crippen LogP contribution in [-0.4, -0.2) is 41.9 Å². The highest BCUT2D eigenvalue weighted by atomic mass is 35.5. The normalized spacial score (nSPS) is 11.4. The summed E-state index contributed by atoms with van der Waals surface area (Å²) in [6, 6.07) is 0. The van der Waals surface area contributed by atoms with E-state index in [1.165, 1.54) is 0 Å². The third-order valence-corrected chi connectivity index (χ3v) is 1.83. The van der Waals surface area contributed by atoms with Gasteiger partial charge in [0.2, 0.25) is 0 Å². The molecule has 78 valence electrons. The van der Waals surface area contributed by atoms with Crippen molar-refractivity contribution in [3.05, 3.63) is 0 Å². The third kappa shape index (κ3) is 5.08. The van der Waals surface area contributed by atoms with Crippen molar-refractivity contribution in [3.8, 4) is 0 Å². The molecule has 0 aliphatic carbocycles. The van der Waals surface area contributed by atoms with Crippen molar-refractivity contribution in [2.75, 3.05) is 25.7 Å². The lowest BCUT2D eigenvalue weighted by atomic mass is 9.95. The smallest absolute Gasteiger partial charge is 0.307 e. The average molecular weight is 211 g/mol. The van der Waals surface area contributed by atoms with Crippen molar-refractivity contribution in [1.29, 1.82) is 0 Å². The fourth-order valence-corrected chi connectivity index (χ4v) is 0.700. The summed E-state index contributed by atoms with van der Waals surface area (Å²) in [5.41, 5.74) is -0.762. The number of aliphatic hydroxyl groups excluding tert-OH is 2. The summed E-state index contributed by atoms with van der Waals surface area (Å²) in [6.45, 7) is 1.19. The van der Waals surface area contributed by atoms with Gasteiger partial charge in [-0.1, -0.05) is 6.92 Å². The Morgan fingerprint density at radius 2 is 2.00 bits per heavy atom. The Morgan fingerprint density at radius 3 is 2.38 bits per heavy atom. The van der Waals surface area contributed by atoms with E-state index < -0.39 is 11.4 Å². The molecule has 4 nitrogen and oxygen atoms in total. The van der Waals surface area contributed by atoms with Crippen molar-refractivity contribution in [3.63, 3.8) is 0 Å². The second-order valence-corrected chi connectivity index (χ2v) is 3.60. The van der Waals surface area contributed by atoms with E-state index in [4.69, 9.17) is 26.6 Å². The molecule has 2 N–H and O–H groups in total. The highest BCUT2D eigenvalue weighted by Gasteiger charge is 2.24. The number of rotatable bonds is 6. The lowest BCUT2D eigenvalue weighted by molar-refractivity contribution is -0.148. The minimum Gasteiger partial charge on any atom is -0.465 e. The summed E-state index contributed by atoms with van der Waals surface area (Å²) >= 11 is 5.31. The van der Waals surface area contributed by atoms with Gasteiger partial charge >= 0.3 is 5.97 Å². The molecule has 5 heteroatoms. The van der Waals surface area contributed by atoms with Gasteiger partial charge in [0.1, 0.15) is 6.61 Å². The predicted octanol–water partition coefficient (Wildman–Crippen LogP) is 0.149.